The second-order valence-corrected chi connectivity index (χ2v) is 34.7. The summed E-state index contributed by atoms with van der Waals surface area (Å²) in [5.74, 6) is 8.14. The minimum absolute atomic E-state index is 0. The van der Waals surface area contributed by atoms with Crippen LogP contribution in [0.2, 0.25) is 0 Å². The molecule has 5 aromatic heterocycles. The van der Waals surface area contributed by atoms with Gasteiger partial charge < -0.3 is 49.0 Å². The van der Waals surface area contributed by atoms with Gasteiger partial charge in [0.05, 0.1) is 11.9 Å². The van der Waals surface area contributed by atoms with E-state index >= 15 is 0 Å². The van der Waals surface area contributed by atoms with Gasteiger partial charge in [-0.3, -0.25) is 0 Å². The summed E-state index contributed by atoms with van der Waals surface area (Å²) in [4.78, 5) is 67.1. The second-order valence-electron chi connectivity index (χ2n) is 34.7. The van der Waals surface area contributed by atoms with Gasteiger partial charge in [-0.05, 0) is 247 Å². The third-order valence-corrected chi connectivity index (χ3v) is 24.0. The summed E-state index contributed by atoms with van der Waals surface area (Å²) in [6, 6.07) is 108. The zero-order valence-electron chi connectivity index (χ0n) is 80.3. The van der Waals surface area contributed by atoms with E-state index in [1.807, 2.05) is 149 Å². The fraction of sp³-hybridized carbons (Fsp3) is 0.120. The normalized spacial score (nSPS) is 12.7. The molecule has 0 saturated carbocycles. The Morgan fingerprint density at radius 3 is 0.723 bits per heavy atom. The van der Waals surface area contributed by atoms with Gasteiger partial charge in [0.2, 0.25) is 0 Å². The monoisotopic (exact) mass is 2560 g/mol. The number of anilines is 20. The van der Waals surface area contributed by atoms with Crippen molar-refractivity contribution < 1.29 is 80.4 Å². The van der Waals surface area contributed by atoms with E-state index in [0.717, 1.165) is 126 Å². The number of hydrogen-bond donors (Lipinski definition) is 0. The Balaban J connectivity index is 0.000000133. The number of nitrogens with zero attached hydrogens (tertiary/aromatic N) is 20. The van der Waals surface area contributed by atoms with E-state index in [1.165, 1.54) is 100 Å². The van der Waals surface area contributed by atoms with Crippen LogP contribution in [0.15, 0.2) is 323 Å². The van der Waals surface area contributed by atoms with Crippen molar-refractivity contribution >= 4 is 115 Å². The number of para-hydroxylation sites is 4. The van der Waals surface area contributed by atoms with Crippen molar-refractivity contribution in [3.63, 3.8) is 0 Å². The van der Waals surface area contributed by atoms with E-state index in [4.69, 9.17) is 9.97 Å². The Labute approximate surface area is 881 Å². The number of benzene rings is 13. The first kappa shape index (κ1) is 101. The zero-order valence-corrected chi connectivity index (χ0v) is 89.8. The maximum absolute atomic E-state index is 5.09. The summed E-state index contributed by atoms with van der Waals surface area (Å²) in [6.07, 6.45) is 15.7. The van der Waals surface area contributed by atoms with E-state index in [-0.39, 0.29) is 80.4 Å². The summed E-state index contributed by atoms with van der Waals surface area (Å²) in [6.45, 7) is 39.9. The maximum atomic E-state index is 5.09. The Morgan fingerprint density at radius 1 is 0.199 bits per heavy atom. The van der Waals surface area contributed by atoms with Gasteiger partial charge >= 0.3 is 0 Å². The molecule has 13 aromatic carbocycles. The van der Waals surface area contributed by atoms with Gasteiger partial charge in [0, 0.05) is 164 Å². The predicted molar refractivity (Wildman–Crippen MR) is 554 cm³/mol. The standard InChI is InChI=1S/3C27H24N4.C19H16N4.C17H12N4.4Ir/c2*1-18-13-19(2)15-24(14-18)31-17-30(26-27(31)29-12-11-28-26)23-10-6-9-22(16-23)25-20(3)7-5-8-21(25)4;1-18-13-19(2)15-23(14-18)31-17-30(22-11-6-5-7-12-22)27-26(31)28-16-24(29-27)25-20(3)9-8-10-21(25)4;1-14-10-15(2)12-17(11-14)23-13-22(16-6-4-3-5-7-16)18-19(23)21-9-8-20-18;1-3-7-14(8-4-1)20-13-21(15-9-5-2-6-10-15)17-16(20)18-11-12-19-17;;;;/h2*5-9,11-17H,1-4H3;5-11,13-17H,1-4H3;3-6,8-13H,1-2H3;1-9,11-13H;;;;/q5*-2;;;;. The summed E-state index contributed by atoms with van der Waals surface area (Å²) in [5, 5.41) is 0. The summed E-state index contributed by atoms with van der Waals surface area (Å²) < 4.78 is 0. The van der Waals surface area contributed by atoms with Gasteiger partial charge in [-0.1, -0.05) is 97.1 Å². The maximum Gasteiger partial charge on any atom is 0.145 e. The first-order chi connectivity index (χ1) is 66.7. The zero-order chi connectivity index (χ0) is 94.5. The van der Waals surface area contributed by atoms with E-state index in [9.17, 15) is 0 Å². The molecule has 0 amide bonds. The van der Waals surface area contributed by atoms with Crippen molar-refractivity contribution in [2.75, 3.05) is 49.0 Å². The van der Waals surface area contributed by atoms with E-state index < -0.39 is 0 Å². The quantitative estimate of drug-likeness (QED) is 0.100. The average Bonchev–Trinajstić information content (AvgIpc) is 1.61. The molecule has 141 heavy (non-hydrogen) atoms. The van der Waals surface area contributed by atoms with Crippen molar-refractivity contribution in [3.8, 4) is 33.5 Å². The summed E-state index contributed by atoms with van der Waals surface area (Å²) in [5.41, 5.74) is 34.2. The van der Waals surface area contributed by atoms with Gasteiger partial charge in [0.1, 0.15) is 58.2 Å². The molecule has 714 valence electrons. The molecule has 5 aliphatic heterocycles. The van der Waals surface area contributed by atoms with E-state index in [1.54, 1.807) is 49.6 Å². The van der Waals surface area contributed by atoms with Crippen LogP contribution in [0.4, 0.5) is 115 Å². The topological polar surface area (TPSA) is 161 Å². The molecule has 0 N–H and O–H groups in total. The van der Waals surface area contributed by atoms with Crippen LogP contribution >= 0.6 is 0 Å². The number of aryl methyl sites for hydroxylation is 14. The third-order valence-electron chi connectivity index (χ3n) is 24.0. The second kappa shape index (κ2) is 45.0. The van der Waals surface area contributed by atoms with Crippen LogP contribution in [0, 0.1) is 161 Å². The largest absolute Gasteiger partial charge is 0.477 e. The molecule has 0 saturated heterocycles. The average molecular weight is 2560 g/mol. The molecule has 4 radical (unpaired) electrons. The number of hydrogen-bond acceptors (Lipinski definition) is 20. The summed E-state index contributed by atoms with van der Waals surface area (Å²) in [7, 11) is 0. The molecule has 5 aliphatic rings. The number of rotatable bonds is 13. The smallest absolute Gasteiger partial charge is 0.145 e. The van der Waals surface area contributed by atoms with Gasteiger partial charge in [0.25, 0.3) is 0 Å². The Bertz CT molecular complexity index is 7040. The van der Waals surface area contributed by atoms with E-state index in [0.29, 0.717) is 0 Å². The molecule has 23 rings (SSSR count). The van der Waals surface area contributed by atoms with Gasteiger partial charge in [-0.2, -0.15) is 127 Å². The van der Waals surface area contributed by atoms with Crippen LogP contribution in [0.3, 0.4) is 0 Å². The third kappa shape index (κ3) is 21.9. The molecule has 0 bridgehead atoms. The SMILES string of the molecule is Cc1cc(C)cc(N2[CH-]N(c3[c-]ccc(-c4c(C)cccc4C)c3)c3nccnc32)c1.Cc1cc(C)cc(N2[CH-]N(c3[c-]ccc(-c4c(C)cccc4C)c3)c3nccnc32)c1.Cc1cc(C)cc(N2[CH-]N(c3[c-]cccc3)c3nc(-c4c(C)cccc4C)cnc32)c1.Cc1cc(C)cc(N2[CH-]N(c3[c-]cccc3)c3nccnc32)c1.[Ir].[Ir].[Ir].[Ir].[c-]1ccccc1N1[CH-]N(c2ccccc2)c2nccnc21. The van der Waals surface area contributed by atoms with Crippen LogP contribution < -0.4 is 49.0 Å². The molecule has 0 spiro atoms. The number of fused-ring (bicyclic) bond motifs is 5. The van der Waals surface area contributed by atoms with E-state index in [2.05, 4.69) is 373 Å². The van der Waals surface area contributed by atoms with Crippen LogP contribution in [0.1, 0.15) is 77.9 Å². The van der Waals surface area contributed by atoms with Crippen LogP contribution in [-0.4, -0.2) is 49.8 Å². The predicted octanol–water partition coefficient (Wildman–Crippen LogP) is 27.7. The van der Waals surface area contributed by atoms with Crippen molar-refractivity contribution in [2.24, 2.45) is 0 Å². The van der Waals surface area contributed by atoms with Crippen LogP contribution in [0.25, 0.3) is 33.5 Å². The molecular weight excluding hydrogens is 2450 g/mol. The molecule has 0 fully saturated rings. The molecule has 24 heteroatoms. The molecule has 20 nitrogen and oxygen atoms in total. The first-order valence-electron chi connectivity index (χ1n) is 45.5. The number of aromatic nitrogens is 10. The van der Waals surface area contributed by atoms with Crippen molar-refractivity contribution in [1.29, 1.82) is 0 Å². The Kier molecular flexibility index (Phi) is 32.3. The fourth-order valence-electron chi connectivity index (χ4n) is 18.2. The van der Waals surface area contributed by atoms with Crippen LogP contribution in [-0.2, 0) is 80.4 Å². The molecular formula is C117H100Ir4N20-10. The minimum atomic E-state index is 0. The first-order valence-corrected chi connectivity index (χ1v) is 45.5. The van der Waals surface area contributed by atoms with Crippen molar-refractivity contribution in [1.82, 2.24) is 49.8 Å². The molecule has 10 heterocycles. The molecule has 0 unspecified atom stereocenters. The molecule has 0 aliphatic carbocycles. The van der Waals surface area contributed by atoms with Gasteiger partial charge in [0.15, 0.2) is 0 Å². The van der Waals surface area contributed by atoms with Crippen molar-refractivity contribution in [2.45, 2.75) is 96.9 Å². The van der Waals surface area contributed by atoms with Gasteiger partial charge in [-0.15, -0.1) is 85.0 Å². The van der Waals surface area contributed by atoms with Crippen LogP contribution in [0.5, 0.6) is 0 Å². The molecule has 18 aromatic rings. The minimum Gasteiger partial charge on any atom is -0.477 e. The Morgan fingerprint density at radius 2 is 0.440 bits per heavy atom. The van der Waals surface area contributed by atoms with Gasteiger partial charge in [-0.25, -0.2) is 49.8 Å². The Hall–Kier alpha value is -14.1. The summed E-state index contributed by atoms with van der Waals surface area (Å²) >= 11 is 0. The molecule has 0 atom stereocenters. The van der Waals surface area contributed by atoms with Crippen molar-refractivity contribution in [3.05, 3.63) is 464 Å². The fourth-order valence-corrected chi connectivity index (χ4v) is 18.2.